The molecule has 0 spiro atoms. The Morgan fingerprint density at radius 2 is 1.83 bits per heavy atom. The van der Waals surface area contributed by atoms with Crippen LogP contribution in [-0.4, -0.2) is 39.7 Å². The second-order valence-electron chi connectivity index (χ2n) is 7.78. The normalized spacial score (nSPS) is 12.1. The summed E-state index contributed by atoms with van der Waals surface area (Å²) in [6, 6.07) is 18.5. The molecule has 1 N–H and O–H groups in total. The number of carbonyl (C=O) groups is 1. The summed E-state index contributed by atoms with van der Waals surface area (Å²) in [7, 11) is -0.578. The average molecular weight is 512 g/mol. The maximum atomic E-state index is 13.1. The van der Waals surface area contributed by atoms with E-state index in [0.29, 0.717) is 23.7 Å². The lowest BCUT2D eigenvalue weighted by atomic mass is 10.2. The SMILES string of the molecule is COCCn1c(=NC(=O)c2cccc(NS(=O)(=O)c3ccc(C)cc3)c2)sc2cc(OC)ccc21. The van der Waals surface area contributed by atoms with Gasteiger partial charge in [0.25, 0.3) is 15.9 Å². The van der Waals surface area contributed by atoms with Crippen LogP contribution in [0.4, 0.5) is 5.69 Å². The van der Waals surface area contributed by atoms with E-state index in [-0.39, 0.29) is 16.1 Å². The van der Waals surface area contributed by atoms with Crippen molar-refractivity contribution in [3.05, 3.63) is 82.7 Å². The Morgan fingerprint density at radius 3 is 2.54 bits per heavy atom. The van der Waals surface area contributed by atoms with Crippen LogP contribution in [0.3, 0.4) is 0 Å². The fraction of sp³-hybridized carbons (Fsp3) is 0.200. The van der Waals surface area contributed by atoms with Crippen molar-refractivity contribution >= 4 is 43.2 Å². The number of aromatic nitrogens is 1. The molecule has 0 fully saturated rings. The largest absolute Gasteiger partial charge is 0.497 e. The molecule has 8 nitrogen and oxygen atoms in total. The monoisotopic (exact) mass is 511 g/mol. The molecule has 4 aromatic rings. The summed E-state index contributed by atoms with van der Waals surface area (Å²) in [5.41, 5.74) is 2.42. The Bertz CT molecular complexity index is 1540. The molecule has 0 aliphatic heterocycles. The summed E-state index contributed by atoms with van der Waals surface area (Å²) in [4.78, 5) is 18.1. The summed E-state index contributed by atoms with van der Waals surface area (Å²) < 4.78 is 41.4. The predicted molar refractivity (Wildman–Crippen MR) is 137 cm³/mol. The molecular weight excluding hydrogens is 486 g/mol. The van der Waals surface area contributed by atoms with Crippen molar-refractivity contribution in [1.29, 1.82) is 0 Å². The standard InChI is InChI=1S/C25H25N3O5S2/c1-17-7-10-21(11-8-17)35(30,31)27-19-6-4-5-18(15-19)24(29)26-25-28(13-14-32-2)22-12-9-20(33-3)16-23(22)34-25/h4-12,15-16,27H,13-14H2,1-3H3. The van der Waals surface area contributed by atoms with Gasteiger partial charge in [0.15, 0.2) is 4.80 Å². The minimum Gasteiger partial charge on any atom is -0.497 e. The number of amides is 1. The number of nitrogens with one attached hydrogen (secondary N) is 1. The summed E-state index contributed by atoms with van der Waals surface area (Å²) in [6.07, 6.45) is 0. The molecule has 0 atom stereocenters. The second kappa shape index (κ2) is 10.4. The number of aryl methyl sites for hydroxylation is 1. The van der Waals surface area contributed by atoms with E-state index in [1.54, 1.807) is 44.6 Å². The Labute approximate surface area is 207 Å². The van der Waals surface area contributed by atoms with E-state index in [1.165, 1.54) is 29.5 Å². The molecular formula is C25H25N3O5S2. The lowest BCUT2D eigenvalue weighted by molar-refractivity contribution is 0.0997. The van der Waals surface area contributed by atoms with E-state index < -0.39 is 15.9 Å². The first-order chi connectivity index (χ1) is 16.8. The molecule has 0 radical (unpaired) electrons. The highest BCUT2D eigenvalue weighted by Gasteiger charge is 2.15. The number of hydrogen-bond acceptors (Lipinski definition) is 6. The van der Waals surface area contributed by atoms with Gasteiger partial charge in [0, 0.05) is 24.9 Å². The number of thiazole rings is 1. The van der Waals surface area contributed by atoms with Crippen LogP contribution in [0.5, 0.6) is 5.75 Å². The first kappa shape index (κ1) is 24.6. The van der Waals surface area contributed by atoms with Gasteiger partial charge in [-0.3, -0.25) is 9.52 Å². The van der Waals surface area contributed by atoms with Gasteiger partial charge < -0.3 is 14.0 Å². The Balaban J connectivity index is 1.67. The van der Waals surface area contributed by atoms with Gasteiger partial charge in [-0.05, 0) is 55.5 Å². The molecule has 0 saturated heterocycles. The number of ether oxygens (including phenoxy) is 2. The minimum absolute atomic E-state index is 0.143. The second-order valence-corrected chi connectivity index (χ2v) is 10.5. The Kier molecular flexibility index (Phi) is 7.34. The number of methoxy groups -OCH3 is 2. The van der Waals surface area contributed by atoms with Crippen molar-refractivity contribution < 1.29 is 22.7 Å². The van der Waals surface area contributed by atoms with Gasteiger partial charge in [0.05, 0.1) is 28.8 Å². The first-order valence-electron chi connectivity index (χ1n) is 10.8. The summed E-state index contributed by atoms with van der Waals surface area (Å²) in [5.74, 6) is 0.232. The van der Waals surface area contributed by atoms with Crippen molar-refractivity contribution in [2.75, 3.05) is 25.5 Å². The molecule has 1 amide bonds. The highest BCUT2D eigenvalue weighted by Crippen LogP contribution is 2.23. The third-order valence-electron chi connectivity index (χ3n) is 5.30. The molecule has 182 valence electrons. The fourth-order valence-corrected chi connectivity index (χ4v) is 5.60. The smallest absolute Gasteiger partial charge is 0.279 e. The molecule has 10 heteroatoms. The summed E-state index contributed by atoms with van der Waals surface area (Å²) in [6.45, 7) is 2.86. The minimum atomic E-state index is -3.79. The zero-order valence-corrected chi connectivity index (χ0v) is 21.2. The number of benzene rings is 3. The number of carbonyl (C=O) groups excluding carboxylic acids is 1. The third kappa shape index (κ3) is 5.61. The fourth-order valence-electron chi connectivity index (χ4n) is 3.46. The van der Waals surface area contributed by atoms with Gasteiger partial charge in [-0.15, -0.1) is 0 Å². The maximum Gasteiger partial charge on any atom is 0.279 e. The van der Waals surface area contributed by atoms with Crippen LogP contribution in [0.1, 0.15) is 15.9 Å². The lowest BCUT2D eigenvalue weighted by Crippen LogP contribution is -2.19. The predicted octanol–water partition coefficient (Wildman–Crippen LogP) is 4.21. The molecule has 35 heavy (non-hydrogen) atoms. The highest BCUT2D eigenvalue weighted by molar-refractivity contribution is 7.92. The molecule has 0 saturated carbocycles. The van der Waals surface area contributed by atoms with Gasteiger partial charge >= 0.3 is 0 Å². The van der Waals surface area contributed by atoms with Crippen molar-refractivity contribution in [3.8, 4) is 5.75 Å². The van der Waals surface area contributed by atoms with Gasteiger partial charge in [0.2, 0.25) is 0 Å². The van der Waals surface area contributed by atoms with Gasteiger partial charge in [-0.25, -0.2) is 8.42 Å². The van der Waals surface area contributed by atoms with Crippen LogP contribution in [0.25, 0.3) is 10.2 Å². The van der Waals surface area contributed by atoms with E-state index in [4.69, 9.17) is 9.47 Å². The Morgan fingerprint density at radius 1 is 1.06 bits per heavy atom. The zero-order chi connectivity index (χ0) is 25.0. The van der Waals surface area contributed by atoms with E-state index in [2.05, 4.69) is 9.71 Å². The molecule has 0 aliphatic carbocycles. The number of anilines is 1. The molecule has 1 heterocycles. The summed E-state index contributed by atoms with van der Waals surface area (Å²) in [5, 5.41) is 0. The van der Waals surface area contributed by atoms with E-state index >= 15 is 0 Å². The third-order valence-corrected chi connectivity index (χ3v) is 7.74. The number of fused-ring (bicyclic) bond motifs is 1. The maximum absolute atomic E-state index is 13.1. The van der Waals surface area contributed by atoms with Crippen LogP contribution in [0.2, 0.25) is 0 Å². The molecule has 3 aromatic carbocycles. The molecule has 0 unspecified atom stereocenters. The average Bonchev–Trinajstić information content (AvgIpc) is 3.18. The van der Waals surface area contributed by atoms with E-state index in [1.807, 2.05) is 29.7 Å². The van der Waals surface area contributed by atoms with E-state index in [0.717, 1.165) is 15.8 Å². The highest BCUT2D eigenvalue weighted by atomic mass is 32.2. The number of rotatable bonds is 8. The number of sulfonamides is 1. The summed E-state index contributed by atoms with van der Waals surface area (Å²) >= 11 is 1.37. The topological polar surface area (TPSA) is 99.0 Å². The van der Waals surface area contributed by atoms with Crippen LogP contribution < -0.4 is 14.3 Å². The zero-order valence-electron chi connectivity index (χ0n) is 19.5. The Hall–Kier alpha value is -3.47. The van der Waals surface area contributed by atoms with Crippen molar-refractivity contribution in [1.82, 2.24) is 4.57 Å². The van der Waals surface area contributed by atoms with Crippen molar-refractivity contribution in [2.45, 2.75) is 18.4 Å². The molecule has 0 aliphatic rings. The number of hydrogen-bond donors (Lipinski definition) is 1. The van der Waals surface area contributed by atoms with E-state index in [9.17, 15) is 13.2 Å². The lowest BCUT2D eigenvalue weighted by Gasteiger charge is -2.09. The van der Waals surface area contributed by atoms with Crippen LogP contribution in [0, 0.1) is 6.92 Å². The van der Waals surface area contributed by atoms with Crippen molar-refractivity contribution in [2.24, 2.45) is 4.99 Å². The van der Waals surface area contributed by atoms with Crippen LogP contribution in [0.15, 0.2) is 76.6 Å². The quantitative estimate of drug-likeness (QED) is 0.382. The number of nitrogens with zero attached hydrogens (tertiary/aromatic N) is 2. The van der Waals surface area contributed by atoms with Gasteiger partial charge in [-0.2, -0.15) is 4.99 Å². The molecule has 1 aromatic heterocycles. The van der Waals surface area contributed by atoms with Gasteiger partial charge in [-0.1, -0.05) is 35.1 Å². The first-order valence-corrected chi connectivity index (χ1v) is 13.1. The molecule has 4 rings (SSSR count). The van der Waals surface area contributed by atoms with Gasteiger partial charge in [0.1, 0.15) is 5.75 Å². The van der Waals surface area contributed by atoms with Crippen molar-refractivity contribution in [3.63, 3.8) is 0 Å². The van der Waals surface area contributed by atoms with Crippen LogP contribution in [-0.2, 0) is 21.3 Å². The van der Waals surface area contributed by atoms with Crippen LogP contribution >= 0.6 is 11.3 Å². The molecule has 0 bridgehead atoms.